The van der Waals surface area contributed by atoms with Crippen molar-refractivity contribution in [3.8, 4) is 17.1 Å². The Balaban J connectivity index is 2.38. The smallest absolute Gasteiger partial charge is 0.246 e. The molecule has 19 heavy (non-hydrogen) atoms. The molecule has 5 heteroatoms. The molecule has 0 radical (unpaired) electrons. The number of hydrogen-bond acceptors (Lipinski definition) is 5. The molecule has 0 spiro atoms. The maximum atomic E-state index is 6.10. The maximum Gasteiger partial charge on any atom is 0.246 e. The van der Waals surface area contributed by atoms with Crippen LogP contribution in [0.4, 0.5) is 0 Å². The topological polar surface area (TPSA) is 74.2 Å². The lowest BCUT2D eigenvalue weighted by atomic mass is 10.0. The lowest BCUT2D eigenvalue weighted by Gasteiger charge is -2.16. The Kier molecular flexibility index (Phi) is 3.85. The van der Waals surface area contributed by atoms with Crippen molar-refractivity contribution in [2.45, 2.75) is 32.7 Å². The van der Waals surface area contributed by atoms with Gasteiger partial charge in [0.2, 0.25) is 11.7 Å². The monoisotopic (exact) mass is 261 g/mol. The van der Waals surface area contributed by atoms with E-state index in [1.807, 2.05) is 45.0 Å². The predicted molar refractivity (Wildman–Crippen MR) is 72.7 cm³/mol. The molecule has 0 amide bonds. The molecule has 0 fully saturated rings. The molecule has 0 aliphatic rings. The first kappa shape index (κ1) is 13.5. The molecule has 0 saturated heterocycles. The van der Waals surface area contributed by atoms with Crippen molar-refractivity contribution in [1.29, 1.82) is 0 Å². The normalized spacial score (nSPS) is 14.1. The summed E-state index contributed by atoms with van der Waals surface area (Å²) >= 11 is 0. The van der Waals surface area contributed by atoms with Crippen LogP contribution in [0.3, 0.4) is 0 Å². The van der Waals surface area contributed by atoms with Gasteiger partial charge in [-0.25, -0.2) is 0 Å². The fraction of sp³-hybridized carbons (Fsp3) is 0.429. The molecule has 1 aromatic heterocycles. The van der Waals surface area contributed by atoms with Gasteiger partial charge in [-0.3, -0.25) is 0 Å². The first-order valence-corrected chi connectivity index (χ1v) is 6.43. The van der Waals surface area contributed by atoms with Crippen LogP contribution < -0.4 is 10.5 Å². The highest BCUT2D eigenvalue weighted by Crippen LogP contribution is 2.29. The Morgan fingerprint density at radius 1 is 1.32 bits per heavy atom. The minimum atomic E-state index is -0.605. The molecule has 2 rings (SSSR count). The van der Waals surface area contributed by atoms with E-state index in [0.29, 0.717) is 18.3 Å². The molecule has 1 atom stereocenters. The highest BCUT2D eigenvalue weighted by atomic mass is 16.5. The highest BCUT2D eigenvalue weighted by Gasteiger charge is 2.27. The largest absolute Gasteiger partial charge is 0.493 e. The van der Waals surface area contributed by atoms with Crippen LogP contribution in [-0.4, -0.2) is 16.7 Å². The number of nitrogens with two attached hydrogens (primary N) is 1. The predicted octanol–water partition coefficient (Wildman–Crippen LogP) is 2.72. The van der Waals surface area contributed by atoms with E-state index in [1.54, 1.807) is 0 Å². The van der Waals surface area contributed by atoms with E-state index in [4.69, 9.17) is 15.0 Å². The molecule has 1 unspecified atom stereocenters. The summed E-state index contributed by atoms with van der Waals surface area (Å²) in [5, 5.41) is 4.00. The summed E-state index contributed by atoms with van der Waals surface area (Å²) in [6.45, 7) is 6.38. The molecule has 2 aromatic rings. The Labute approximate surface area is 112 Å². The molecule has 0 aliphatic carbocycles. The number of nitrogens with zero attached hydrogens (tertiary/aromatic N) is 2. The lowest BCUT2D eigenvalue weighted by Crippen LogP contribution is -2.32. The van der Waals surface area contributed by atoms with Crippen LogP contribution in [-0.2, 0) is 5.54 Å². The van der Waals surface area contributed by atoms with Gasteiger partial charge in [-0.15, -0.1) is 0 Å². The SMILES string of the molecule is CCOc1ccccc1-c1noc(C(C)(N)CC)n1. The van der Waals surface area contributed by atoms with Crippen LogP contribution in [0.25, 0.3) is 11.4 Å². The van der Waals surface area contributed by atoms with E-state index < -0.39 is 5.54 Å². The number of hydrogen-bond donors (Lipinski definition) is 1. The molecular formula is C14H19N3O2. The number of rotatable bonds is 5. The zero-order valence-corrected chi connectivity index (χ0v) is 11.5. The van der Waals surface area contributed by atoms with Crippen molar-refractivity contribution in [1.82, 2.24) is 10.1 Å². The molecule has 2 N–H and O–H groups in total. The van der Waals surface area contributed by atoms with Crippen LogP contribution in [0.15, 0.2) is 28.8 Å². The summed E-state index contributed by atoms with van der Waals surface area (Å²) in [4.78, 5) is 4.38. The van der Waals surface area contributed by atoms with E-state index >= 15 is 0 Å². The minimum absolute atomic E-state index is 0.441. The second-order valence-corrected chi connectivity index (χ2v) is 4.62. The van der Waals surface area contributed by atoms with Gasteiger partial charge in [0.15, 0.2) is 0 Å². The zero-order valence-electron chi connectivity index (χ0n) is 11.5. The van der Waals surface area contributed by atoms with Crippen molar-refractivity contribution in [2.75, 3.05) is 6.61 Å². The standard InChI is InChI=1S/C14H19N3O2/c1-4-14(3,15)13-16-12(17-19-13)10-8-6-7-9-11(10)18-5-2/h6-9H,4-5,15H2,1-3H3. The summed E-state index contributed by atoms with van der Waals surface area (Å²) in [5.74, 6) is 1.69. The molecule has 1 heterocycles. The van der Waals surface area contributed by atoms with Gasteiger partial charge in [-0.1, -0.05) is 24.2 Å². The maximum absolute atomic E-state index is 6.10. The molecular weight excluding hydrogens is 242 g/mol. The Morgan fingerprint density at radius 2 is 2.05 bits per heavy atom. The first-order chi connectivity index (χ1) is 9.08. The van der Waals surface area contributed by atoms with Gasteiger partial charge in [0, 0.05) is 0 Å². The molecule has 0 aliphatic heterocycles. The molecule has 0 bridgehead atoms. The van der Waals surface area contributed by atoms with Crippen molar-refractivity contribution in [3.05, 3.63) is 30.2 Å². The van der Waals surface area contributed by atoms with Gasteiger partial charge in [0.1, 0.15) is 5.75 Å². The van der Waals surface area contributed by atoms with Gasteiger partial charge in [-0.05, 0) is 32.4 Å². The van der Waals surface area contributed by atoms with Crippen LogP contribution in [0.1, 0.15) is 33.1 Å². The second-order valence-electron chi connectivity index (χ2n) is 4.62. The quantitative estimate of drug-likeness (QED) is 0.895. The number of ether oxygens (including phenoxy) is 1. The zero-order chi connectivity index (χ0) is 13.9. The lowest BCUT2D eigenvalue weighted by molar-refractivity contribution is 0.291. The van der Waals surface area contributed by atoms with Gasteiger partial charge >= 0.3 is 0 Å². The second kappa shape index (κ2) is 5.40. The van der Waals surface area contributed by atoms with Crippen LogP contribution in [0.5, 0.6) is 5.75 Å². The summed E-state index contributed by atoms with van der Waals surface area (Å²) in [5.41, 5.74) is 6.30. The Morgan fingerprint density at radius 3 is 2.74 bits per heavy atom. The van der Waals surface area contributed by atoms with E-state index in [1.165, 1.54) is 0 Å². The molecule has 5 nitrogen and oxygen atoms in total. The van der Waals surface area contributed by atoms with Crippen LogP contribution in [0.2, 0.25) is 0 Å². The summed E-state index contributed by atoms with van der Waals surface area (Å²) < 4.78 is 10.8. The van der Waals surface area contributed by atoms with E-state index in [9.17, 15) is 0 Å². The summed E-state index contributed by atoms with van der Waals surface area (Å²) in [6.07, 6.45) is 0.724. The van der Waals surface area contributed by atoms with E-state index in [-0.39, 0.29) is 0 Å². The Hall–Kier alpha value is -1.88. The van der Waals surface area contributed by atoms with Gasteiger partial charge in [0.25, 0.3) is 0 Å². The molecule has 102 valence electrons. The number of aromatic nitrogens is 2. The van der Waals surface area contributed by atoms with E-state index in [2.05, 4.69) is 10.1 Å². The van der Waals surface area contributed by atoms with Crippen molar-refractivity contribution in [2.24, 2.45) is 5.73 Å². The Bertz CT molecular complexity index is 549. The third-order valence-electron chi connectivity index (χ3n) is 3.08. The van der Waals surface area contributed by atoms with Gasteiger partial charge in [0.05, 0.1) is 17.7 Å². The number of benzene rings is 1. The molecule has 0 saturated carbocycles. The third-order valence-corrected chi connectivity index (χ3v) is 3.08. The third kappa shape index (κ3) is 2.76. The van der Waals surface area contributed by atoms with Gasteiger partial charge in [-0.2, -0.15) is 4.98 Å². The average molecular weight is 261 g/mol. The van der Waals surface area contributed by atoms with Gasteiger partial charge < -0.3 is 15.0 Å². The van der Waals surface area contributed by atoms with Crippen LogP contribution >= 0.6 is 0 Å². The number of para-hydroxylation sites is 1. The fourth-order valence-electron chi connectivity index (χ4n) is 1.65. The fourth-order valence-corrected chi connectivity index (χ4v) is 1.65. The summed E-state index contributed by atoms with van der Waals surface area (Å²) in [7, 11) is 0. The first-order valence-electron chi connectivity index (χ1n) is 6.43. The van der Waals surface area contributed by atoms with E-state index in [0.717, 1.165) is 17.7 Å². The van der Waals surface area contributed by atoms with Crippen molar-refractivity contribution >= 4 is 0 Å². The van der Waals surface area contributed by atoms with Crippen molar-refractivity contribution in [3.63, 3.8) is 0 Å². The average Bonchev–Trinajstić information content (AvgIpc) is 2.90. The van der Waals surface area contributed by atoms with Crippen molar-refractivity contribution < 1.29 is 9.26 Å². The summed E-state index contributed by atoms with van der Waals surface area (Å²) in [6, 6.07) is 7.61. The highest BCUT2D eigenvalue weighted by molar-refractivity contribution is 5.63. The molecule has 1 aromatic carbocycles. The van der Waals surface area contributed by atoms with Crippen LogP contribution in [0, 0.1) is 0 Å². The minimum Gasteiger partial charge on any atom is -0.493 e.